The first-order chi connectivity index (χ1) is 11.3. The maximum absolute atomic E-state index is 12.8. The van der Waals surface area contributed by atoms with E-state index in [-0.39, 0.29) is 24.2 Å². The van der Waals surface area contributed by atoms with Crippen LogP contribution in [-0.2, 0) is 24.1 Å². The molecule has 4 nitrogen and oxygen atoms in total. The fourth-order valence-corrected chi connectivity index (χ4v) is 2.85. The molecule has 2 heterocycles. The van der Waals surface area contributed by atoms with E-state index in [2.05, 4.69) is 4.98 Å². The summed E-state index contributed by atoms with van der Waals surface area (Å²) in [5.41, 5.74) is 1.10. The Hall–Kier alpha value is -2.31. The van der Waals surface area contributed by atoms with Gasteiger partial charge >= 0.3 is 6.18 Å². The number of aromatic nitrogens is 2. The van der Waals surface area contributed by atoms with E-state index in [1.54, 1.807) is 4.90 Å². The second kappa shape index (κ2) is 5.96. The van der Waals surface area contributed by atoms with E-state index in [1.807, 2.05) is 38.1 Å². The fraction of sp³-hybridized carbons (Fsp3) is 0.412. The van der Waals surface area contributed by atoms with Crippen LogP contribution in [0.5, 0.6) is 0 Å². The molecule has 0 aliphatic carbocycles. The SMILES string of the molecule is Cc1ccc([C@H](C)C(=O)N2CCn3cc(C(F)(F)F)nc3C2)cc1. The van der Waals surface area contributed by atoms with Crippen molar-refractivity contribution in [1.29, 1.82) is 0 Å². The lowest BCUT2D eigenvalue weighted by Gasteiger charge is -2.30. The third kappa shape index (κ3) is 3.16. The monoisotopic (exact) mass is 337 g/mol. The molecule has 128 valence electrons. The molecule has 3 rings (SSSR count). The molecule has 24 heavy (non-hydrogen) atoms. The van der Waals surface area contributed by atoms with Gasteiger partial charge in [-0.3, -0.25) is 4.79 Å². The van der Waals surface area contributed by atoms with Gasteiger partial charge in [0.2, 0.25) is 5.91 Å². The van der Waals surface area contributed by atoms with Gasteiger partial charge in [-0.15, -0.1) is 0 Å². The Labute approximate surface area is 137 Å². The Morgan fingerprint density at radius 3 is 2.50 bits per heavy atom. The number of rotatable bonds is 2. The summed E-state index contributed by atoms with van der Waals surface area (Å²) in [6.07, 6.45) is -3.45. The van der Waals surface area contributed by atoms with Gasteiger partial charge in [-0.1, -0.05) is 29.8 Å². The van der Waals surface area contributed by atoms with Crippen LogP contribution in [-0.4, -0.2) is 26.9 Å². The van der Waals surface area contributed by atoms with E-state index in [0.29, 0.717) is 13.1 Å². The van der Waals surface area contributed by atoms with Gasteiger partial charge < -0.3 is 9.47 Å². The Bertz CT molecular complexity index is 749. The zero-order chi connectivity index (χ0) is 17.5. The molecule has 1 aromatic heterocycles. The van der Waals surface area contributed by atoms with Gasteiger partial charge in [0.15, 0.2) is 5.69 Å². The summed E-state index contributed by atoms with van der Waals surface area (Å²) in [5.74, 6) is -0.158. The van der Waals surface area contributed by atoms with Gasteiger partial charge in [-0.25, -0.2) is 4.98 Å². The molecule has 7 heteroatoms. The van der Waals surface area contributed by atoms with Crippen LogP contribution in [0.25, 0.3) is 0 Å². The van der Waals surface area contributed by atoms with Crippen LogP contribution in [0, 0.1) is 6.92 Å². The number of hydrogen-bond acceptors (Lipinski definition) is 2. The van der Waals surface area contributed by atoms with Gasteiger partial charge in [0.05, 0.1) is 12.5 Å². The maximum atomic E-state index is 12.8. The van der Waals surface area contributed by atoms with Crippen LogP contribution in [0.4, 0.5) is 13.2 Å². The topological polar surface area (TPSA) is 38.1 Å². The lowest BCUT2D eigenvalue weighted by Crippen LogP contribution is -2.40. The highest BCUT2D eigenvalue weighted by atomic mass is 19.4. The van der Waals surface area contributed by atoms with Crippen LogP contribution < -0.4 is 0 Å². The number of nitrogens with zero attached hydrogens (tertiary/aromatic N) is 3. The van der Waals surface area contributed by atoms with E-state index in [9.17, 15) is 18.0 Å². The fourth-order valence-electron chi connectivity index (χ4n) is 2.85. The zero-order valence-electron chi connectivity index (χ0n) is 13.5. The number of carbonyl (C=O) groups is 1. The van der Waals surface area contributed by atoms with Crippen LogP contribution >= 0.6 is 0 Å². The average molecular weight is 337 g/mol. The van der Waals surface area contributed by atoms with Gasteiger partial charge in [0.1, 0.15) is 5.82 Å². The molecule has 0 saturated heterocycles. The molecule has 1 aromatic carbocycles. The molecule has 2 aromatic rings. The zero-order valence-corrected chi connectivity index (χ0v) is 13.5. The minimum Gasteiger partial charge on any atom is -0.333 e. The first-order valence-corrected chi connectivity index (χ1v) is 7.74. The van der Waals surface area contributed by atoms with Crippen molar-refractivity contribution in [3.63, 3.8) is 0 Å². The van der Waals surface area contributed by atoms with Crippen molar-refractivity contribution in [3.8, 4) is 0 Å². The molecule has 0 saturated carbocycles. The largest absolute Gasteiger partial charge is 0.434 e. The summed E-state index contributed by atoms with van der Waals surface area (Å²) in [5, 5.41) is 0. The summed E-state index contributed by atoms with van der Waals surface area (Å²) in [6, 6.07) is 7.70. The van der Waals surface area contributed by atoms with Gasteiger partial charge in [-0.05, 0) is 19.4 Å². The number of aryl methyl sites for hydroxylation is 1. The normalized spacial score (nSPS) is 16.0. The van der Waals surface area contributed by atoms with Crippen LogP contribution in [0.3, 0.4) is 0 Å². The molecule has 0 radical (unpaired) electrons. The number of carbonyl (C=O) groups excluding carboxylic acids is 1. The number of alkyl halides is 3. The Kier molecular flexibility index (Phi) is 4.11. The summed E-state index contributed by atoms with van der Waals surface area (Å²) in [7, 11) is 0. The standard InChI is InChI=1S/C17H18F3N3O/c1-11-3-5-13(6-4-11)12(2)16(24)23-8-7-22-9-14(17(18,19)20)21-15(22)10-23/h3-6,9,12H,7-8,10H2,1-2H3/t12-/m0/s1. The van der Waals surface area contributed by atoms with E-state index in [4.69, 9.17) is 0 Å². The second-order valence-electron chi connectivity index (χ2n) is 6.13. The summed E-state index contributed by atoms with van der Waals surface area (Å²) in [6.45, 7) is 4.60. The molecule has 1 aliphatic heterocycles. The highest BCUT2D eigenvalue weighted by Crippen LogP contribution is 2.30. The number of fused-ring (bicyclic) bond motifs is 1. The number of halogens is 3. The Balaban J connectivity index is 1.76. The third-order valence-corrected chi connectivity index (χ3v) is 4.35. The minimum absolute atomic E-state index is 0.0957. The third-order valence-electron chi connectivity index (χ3n) is 4.35. The van der Waals surface area contributed by atoms with Crippen molar-refractivity contribution in [3.05, 3.63) is 53.1 Å². The van der Waals surface area contributed by atoms with Gasteiger partial charge in [-0.2, -0.15) is 13.2 Å². The summed E-state index contributed by atoms with van der Waals surface area (Å²) < 4.78 is 39.7. The molecular weight excluding hydrogens is 319 g/mol. The van der Waals surface area contributed by atoms with Crippen molar-refractivity contribution >= 4 is 5.91 Å². The number of imidazole rings is 1. The highest BCUT2D eigenvalue weighted by Gasteiger charge is 2.36. The lowest BCUT2D eigenvalue weighted by atomic mass is 9.98. The van der Waals surface area contributed by atoms with E-state index >= 15 is 0 Å². The minimum atomic E-state index is -4.46. The van der Waals surface area contributed by atoms with Crippen molar-refractivity contribution < 1.29 is 18.0 Å². The maximum Gasteiger partial charge on any atom is 0.434 e. The summed E-state index contributed by atoms with van der Waals surface area (Å²) >= 11 is 0. The van der Waals surface area contributed by atoms with Crippen molar-refractivity contribution in [2.75, 3.05) is 6.54 Å². The molecule has 0 unspecified atom stereocenters. The molecule has 0 N–H and O–H groups in total. The Morgan fingerprint density at radius 2 is 1.88 bits per heavy atom. The van der Waals surface area contributed by atoms with E-state index in [0.717, 1.165) is 17.3 Å². The first-order valence-electron chi connectivity index (χ1n) is 7.74. The Morgan fingerprint density at radius 1 is 1.21 bits per heavy atom. The van der Waals surface area contributed by atoms with Gasteiger partial charge in [0.25, 0.3) is 0 Å². The number of amides is 1. The van der Waals surface area contributed by atoms with Crippen molar-refractivity contribution in [1.82, 2.24) is 14.5 Å². The summed E-state index contributed by atoms with van der Waals surface area (Å²) in [4.78, 5) is 17.9. The smallest absolute Gasteiger partial charge is 0.333 e. The van der Waals surface area contributed by atoms with Crippen molar-refractivity contribution in [2.45, 2.75) is 39.0 Å². The molecule has 0 spiro atoms. The predicted octanol–water partition coefficient (Wildman–Crippen LogP) is 3.36. The number of hydrogen-bond donors (Lipinski definition) is 0. The van der Waals surface area contributed by atoms with Crippen LogP contribution in [0.2, 0.25) is 0 Å². The first kappa shape index (κ1) is 16.5. The van der Waals surface area contributed by atoms with E-state index in [1.165, 1.54) is 4.57 Å². The molecule has 1 amide bonds. The molecule has 1 atom stereocenters. The molecule has 0 bridgehead atoms. The molecular formula is C17H18F3N3O. The van der Waals surface area contributed by atoms with Crippen LogP contribution in [0.1, 0.15) is 35.5 Å². The quantitative estimate of drug-likeness (QED) is 0.843. The molecule has 0 fully saturated rings. The van der Waals surface area contributed by atoms with Gasteiger partial charge in [0, 0.05) is 19.3 Å². The highest BCUT2D eigenvalue weighted by molar-refractivity contribution is 5.83. The van der Waals surface area contributed by atoms with Crippen LogP contribution in [0.15, 0.2) is 30.5 Å². The average Bonchev–Trinajstić information content (AvgIpc) is 2.97. The van der Waals surface area contributed by atoms with Crippen molar-refractivity contribution in [2.24, 2.45) is 0 Å². The number of benzene rings is 1. The lowest BCUT2D eigenvalue weighted by molar-refractivity contribution is -0.141. The predicted molar refractivity (Wildman–Crippen MR) is 82.2 cm³/mol. The molecule has 1 aliphatic rings. The second-order valence-corrected chi connectivity index (χ2v) is 6.13. The van der Waals surface area contributed by atoms with E-state index < -0.39 is 11.9 Å².